The van der Waals surface area contributed by atoms with Crippen LogP contribution in [0.2, 0.25) is 0 Å². The number of aliphatic hydroxyl groups excluding tert-OH is 1. The number of likely N-dealkylation sites (tertiary alicyclic amines) is 1. The topological polar surface area (TPSA) is 87.2 Å². The minimum Gasteiger partial charge on any atom is -0.461 e. The largest absolute Gasteiger partial charge is 0.461 e. The second-order valence-electron chi connectivity index (χ2n) is 12.4. The van der Waals surface area contributed by atoms with Gasteiger partial charge in [-0.05, 0) is 45.1 Å². The molecule has 4 aliphatic heterocycles. The predicted molar refractivity (Wildman–Crippen MR) is 137 cm³/mol. The van der Waals surface area contributed by atoms with Crippen LogP contribution in [0.4, 0.5) is 0 Å². The molecule has 2 saturated heterocycles. The number of hydrogen-bond donors (Lipinski definition) is 1. The molecular weight excluding hydrogens is 464 g/mol. The number of cyclic esters (lactones) is 1. The lowest BCUT2D eigenvalue weighted by molar-refractivity contribution is -0.153. The molecule has 4 rings (SSSR count). The fourth-order valence-corrected chi connectivity index (χ4v) is 9.18. The Hall–Kier alpha value is -1.80. The maximum atomic E-state index is 14.5. The average Bonchev–Trinajstić information content (AvgIpc) is 2.98. The summed E-state index contributed by atoms with van der Waals surface area (Å²) in [6.45, 7) is 14.9. The van der Waals surface area contributed by atoms with Crippen molar-refractivity contribution in [3.05, 3.63) is 24.3 Å². The van der Waals surface area contributed by atoms with Gasteiger partial charge in [-0.3, -0.25) is 14.4 Å². The molecule has 35 heavy (non-hydrogen) atoms. The highest BCUT2D eigenvalue weighted by molar-refractivity contribution is 8.02. The van der Waals surface area contributed by atoms with Gasteiger partial charge in [0.1, 0.15) is 12.6 Å². The van der Waals surface area contributed by atoms with E-state index in [0.29, 0.717) is 13.0 Å². The average molecular weight is 505 g/mol. The Bertz CT molecular complexity index is 965. The summed E-state index contributed by atoms with van der Waals surface area (Å²) in [5.74, 6) is -2.18. The molecule has 0 radical (unpaired) electrons. The van der Waals surface area contributed by atoms with Crippen LogP contribution in [0.5, 0.6) is 0 Å². The van der Waals surface area contributed by atoms with Crippen LogP contribution in [0.1, 0.15) is 61.3 Å². The normalized spacial score (nSPS) is 35.9. The van der Waals surface area contributed by atoms with Crippen LogP contribution in [0.25, 0.3) is 0 Å². The molecule has 194 valence electrons. The van der Waals surface area contributed by atoms with E-state index in [9.17, 15) is 19.5 Å². The van der Waals surface area contributed by atoms with E-state index in [0.717, 1.165) is 6.42 Å². The minimum atomic E-state index is -0.913. The van der Waals surface area contributed by atoms with Crippen molar-refractivity contribution in [2.45, 2.75) is 88.4 Å². The summed E-state index contributed by atoms with van der Waals surface area (Å²) in [6.07, 6.45) is 9.13. The van der Waals surface area contributed by atoms with Crippen molar-refractivity contribution >= 4 is 29.5 Å². The van der Waals surface area contributed by atoms with E-state index in [-0.39, 0.29) is 30.4 Å². The molecule has 2 amide bonds. The summed E-state index contributed by atoms with van der Waals surface area (Å²) < 4.78 is 3.89. The number of amides is 2. The van der Waals surface area contributed by atoms with Crippen molar-refractivity contribution < 1.29 is 24.2 Å². The van der Waals surface area contributed by atoms with Gasteiger partial charge in [-0.15, -0.1) is 11.8 Å². The zero-order valence-electron chi connectivity index (χ0n) is 22.0. The van der Waals surface area contributed by atoms with Crippen molar-refractivity contribution in [3.63, 3.8) is 0 Å². The highest BCUT2D eigenvalue weighted by atomic mass is 32.2. The molecule has 6 atom stereocenters. The van der Waals surface area contributed by atoms with Crippen LogP contribution >= 0.6 is 11.8 Å². The zero-order chi connectivity index (χ0) is 26.0. The molecule has 2 fully saturated rings. The molecular formula is C27H40N2O5S. The lowest BCUT2D eigenvalue weighted by Gasteiger charge is -2.45. The third-order valence-electron chi connectivity index (χ3n) is 8.02. The number of carbonyl (C=O) groups excluding carboxylic acids is 3. The van der Waals surface area contributed by atoms with Gasteiger partial charge in [0.05, 0.1) is 29.2 Å². The van der Waals surface area contributed by atoms with Crippen molar-refractivity contribution in [2.24, 2.45) is 17.3 Å². The number of thioether (sulfide) groups is 1. The molecule has 8 heteroatoms. The lowest BCUT2D eigenvalue weighted by atomic mass is 9.74. The van der Waals surface area contributed by atoms with Gasteiger partial charge in [0.25, 0.3) is 0 Å². The van der Waals surface area contributed by atoms with E-state index in [4.69, 9.17) is 4.74 Å². The molecule has 0 bridgehead atoms. The van der Waals surface area contributed by atoms with Gasteiger partial charge in [-0.25, -0.2) is 0 Å². The SMILES string of the molecule is CC[C@@H](CO)N1C(=O)[C@@H]2[C@H]3C(=O)OCC=C[C@@]3(C)S[C@@]23C=CCN(C(C)(C)CC(C)(C)C)C(=O)C13. The van der Waals surface area contributed by atoms with E-state index in [1.165, 1.54) is 11.8 Å². The molecule has 7 nitrogen and oxygen atoms in total. The first-order chi connectivity index (χ1) is 16.2. The number of carbonyl (C=O) groups is 3. The molecule has 0 aromatic rings. The molecule has 1 unspecified atom stereocenters. The maximum Gasteiger partial charge on any atom is 0.311 e. The smallest absolute Gasteiger partial charge is 0.311 e. The number of aliphatic hydroxyl groups is 1. The highest BCUT2D eigenvalue weighted by Gasteiger charge is 2.74. The first kappa shape index (κ1) is 26.3. The van der Waals surface area contributed by atoms with E-state index < -0.39 is 44.9 Å². The minimum absolute atomic E-state index is 0.000410. The molecule has 1 N–H and O–H groups in total. The molecule has 4 heterocycles. The predicted octanol–water partition coefficient (Wildman–Crippen LogP) is 3.17. The fraction of sp³-hybridized carbons (Fsp3) is 0.741. The fourth-order valence-electron chi connectivity index (χ4n) is 7.04. The second kappa shape index (κ2) is 8.65. The summed E-state index contributed by atoms with van der Waals surface area (Å²) in [7, 11) is 0. The first-order valence-corrected chi connectivity index (χ1v) is 13.5. The summed E-state index contributed by atoms with van der Waals surface area (Å²) in [5.41, 5.74) is -0.450. The third-order valence-corrected chi connectivity index (χ3v) is 9.82. The molecule has 1 spiro atoms. The van der Waals surface area contributed by atoms with Crippen molar-refractivity contribution in [1.29, 1.82) is 0 Å². The Labute approximate surface area is 213 Å². The first-order valence-electron chi connectivity index (χ1n) is 12.7. The van der Waals surface area contributed by atoms with Gasteiger partial charge in [-0.2, -0.15) is 0 Å². The van der Waals surface area contributed by atoms with Crippen molar-refractivity contribution in [3.8, 4) is 0 Å². The quantitative estimate of drug-likeness (QED) is 0.457. The van der Waals surface area contributed by atoms with Crippen LogP contribution in [-0.4, -0.2) is 79.6 Å². The number of fused-ring (bicyclic) bond motifs is 2. The molecule has 0 aliphatic carbocycles. The number of hydrogen-bond acceptors (Lipinski definition) is 6. The van der Waals surface area contributed by atoms with E-state index in [2.05, 4.69) is 34.6 Å². The molecule has 0 saturated carbocycles. The van der Waals surface area contributed by atoms with Gasteiger partial charge < -0.3 is 19.6 Å². The van der Waals surface area contributed by atoms with Gasteiger partial charge >= 0.3 is 5.97 Å². The summed E-state index contributed by atoms with van der Waals surface area (Å²) >= 11 is 1.54. The summed E-state index contributed by atoms with van der Waals surface area (Å²) in [5, 5.41) is 10.2. The van der Waals surface area contributed by atoms with Crippen LogP contribution in [0.3, 0.4) is 0 Å². The van der Waals surface area contributed by atoms with E-state index >= 15 is 0 Å². The van der Waals surface area contributed by atoms with Gasteiger partial charge in [0, 0.05) is 16.8 Å². The van der Waals surface area contributed by atoms with Crippen molar-refractivity contribution in [2.75, 3.05) is 19.8 Å². The molecule has 0 aromatic carbocycles. The number of nitrogens with zero attached hydrogens (tertiary/aromatic N) is 2. The zero-order valence-corrected chi connectivity index (χ0v) is 22.9. The lowest BCUT2D eigenvalue weighted by Crippen LogP contribution is -2.60. The summed E-state index contributed by atoms with van der Waals surface area (Å²) in [4.78, 5) is 45.4. The number of ether oxygens (including phenoxy) is 1. The monoisotopic (exact) mass is 504 g/mol. The Morgan fingerprint density at radius 1 is 1.11 bits per heavy atom. The Balaban J connectivity index is 1.88. The van der Waals surface area contributed by atoms with Gasteiger partial charge in [0.15, 0.2) is 0 Å². The van der Waals surface area contributed by atoms with Gasteiger partial charge in [-0.1, -0.05) is 45.9 Å². The Morgan fingerprint density at radius 3 is 2.40 bits per heavy atom. The van der Waals surface area contributed by atoms with Crippen LogP contribution in [0.15, 0.2) is 24.3 Å². The second-order valence-corrected chi connectivity index (χ2v) is 14.2. The number of esters is 1. The van der Waals surface area contributed by atoms with Crippen molar-refractivity contribution in [1.82, 2.24) is 9.80 Å². The molecule has 4 aliphatic rings. The summed E-state index contributed by atoms with van der Waals surface area (Å²) in [6, 6.07) is -1.30. The van der Waals surface area contributed by atoms with Gasteiger partial charge in [0.2, 0.25) is 11.8 Å². The molecule has 0 aromatic heterocycles. The highest BCUT2D eigenvalue weighted by Crippen LogP contribution is 2.66. The maximum absolute atomic E-state index is 14.5. The Kier molecular flexibility index (Phi) is 6.49. The van der Waals surface area contributed by atoms with Crippen LogP contribution in [0, 0.1) is 17.3 Å². The van der Waals surface area contributed by atoms with Crippen LogP contribution < -0.4 is 0 Å². The Morgan fingerprint density at radius 2 is 1.80 bits per heavy atom. The van der Waals surface area contributed by atoms with E-state index in [1.807, 2.05) is 43.1 Å². The third kappa shape index (κ3) is 4.05. The number of rotatable bonds is 5. The van der Waals surface area contributed by atoms with E-state index in [1.54, 1.807) is 4.90 Å². The standard InChI is InChI=1S/C27H40N2O5S/c1-8-17(15-30)29-20-22(32)28(25(5,6)16-24(2,3)4)13-9-12-27(20)18(21(29)31)19-23(33)34-14-10-11-26(19,7)35-27/h9-12,17-20,30H,8,13-16H2,1-7H3/t17-,18-,19-,20?,26+,27-/m0/s1. The van der Waals surface area contributed by atoms with Crippen LogP contribution in [-0.2, 0) is 19.1 Å².